The molecule has 1 aromatic carbocycles. The lowest BCUT2D eigenvalue weighted by Crippen LogP contribution is -2.08. The molecule has 1 aliphatic rings. The molecule has 0 unspecified atom stereocenters. The van der Waals surface area contributed by atoms with Crippen LogP contribution in [-0.4, -0.2) is 11.4 Å². The fourth-order valence-electron chi connectivity index (χ4n) is 2.71. The Balaban J connectivity index is 2.53. The number of fused-ring (bicyclic) bond motifs is 1. The van der Waals surface area contributed by atoms with E-state index in [1.807, 2.05) is 6.92 Å². The molecule has 0 bridgehead atoms. The fourth-order valence-corrected chi connectivity index (χ4v) is 3.03. The molecule has 0 atom stereocenters. The lowest BCUT2D eigenvalue weighted by molar-refractivity contribution is -0.107. The van der Waals surface area contributed by atoms with Crippen molar-refractivity contribution in [2.24, 2.45) is 0 Å². The van der Waals surface area contributed by atoms with Gasteiger partial charge in [0.15, 0.2) is 0 Å². The van der Waals surface area contributed by atoms with Crippen LogP contribution in [0.4, 0.5) is 0 Å². The minimum Gasteiger partial charge on any atom is -0.506 e. The van der Waals surface area contributed by atoms with E-state index in [1.165, 1.54) is 12.0 Å². The Morgan fingerprint density at radius 2 is 1.94 bits per heavy atom. The number of rotatable bonds is 3. The van der Waals surface area contributed by atoms with Crippen LogP contribution in [0.25, 0.3) is 0 Å². The van der Waals surface area contributed by atoms with Crippen molar-refractivity contribution in [3.05, 3.63) is 27.3 Å². The molecule has 1 N–H and O–H groups in total. The molecule has 2 rings (SSSR count). The third-order valence-electron chi connectivity index (χ3n) is 3.64. The number of phenolic OH excluding ortho intramolecular Hbond substituents is 1. The molecule has 17 heavy (non-hydrogen) atoms. The van der Waals surface area contributed by atoms with E-state index < -0.39 is 0 Å². The molecule has 1 aromatic rings. The van der Waals surface area contributed by atoms with Crippen molar-refractivity contribution < 1.29 is 9.90 Å². The minimum atomic E-state index is 0.187. The Hall–Kier alpha value is -1.02. The van der Waals surface area contributed by atoms with Crippen molar-refractivity contribution in [1.29, 1.82) is 0 Å². The first-order valence-corrected chi connectivity index (χ1v) is 6.50. The summed E-state index contributed by atoms with van der Waals surface area (Å²) in [5.41, 5.74) is 4.38. The van der Waals surface area contributed by atoms with Crippen LogP contribution in [0.15, 0.2) is 0 Å². The highest BCUT2D eigenvalue weighted by molar-refractivity contribution is 6.33. The van der Waals surface area contributed by atoms with Gasteiger partial charge in [-0.1, -0.05) is 11.6 Å². The standard InChI is InChI=1S/C14H17ClO2/c1-9-10-5-2-3-6-12(10)13(15)14(17)11(9)7-4-8-16/h8,17H,2-7H2,1H3. The Morgan fingerprint density at radius 1 is 1.29 bits per heavy atom. The van der Waals surface area contributed by atoms with Gasteiger partial charge < -0.3 is 9.90 Å². The van der Waals surface area contributed by atoms with Gasteiger partial charge >= 0.3 is 0 Å². The summed E-state index contributed by atoms with van der Waals surface area (Å²) in [6.45, 7) is 2.03. The van der Waals surface area contributed by atoms with Crippen LogP contribution in [0.5, 0.6) is 5.75 Å². The molecule has 2 nitrogen and oxygen atoms in total. The highest BCUT2D eigenvalue weighted by atomic mass is 35.5. The topological polar surface area (TPSA) is 37.3 Å². The van der Waals surface area contributed by atoms with Gasteiger partial charge in [0.25, 0.3) is 0 Å². The number of carbonyl (C=O) groups is 1. The minimum absolute atomic E-state index is 0.187. The van der Waals surface area contributed by atoms with E-state index in [0.717, 1.165) is 42.2 Å². The monoisotopic (exact) mass is 252 g/mol. The Kier molecular flexibility index (Phi) is 3.72. The molecular formula is C14H17ClO2. The highest BCUT2D eigenvalue weighted by Crippen LogP contribution is 2.40. The second-order valence-corrected chi connectivity index (χ2v) is 5.01. The SMILES string of the molecule is Cc1c(CCC=O)c(O)c(Cl)c2c1CCCC2. The van der Waals surface area contributed by atoms with Crippen molar-refractivity contribution >= 4 is 17.9 Å². The zero-order valence-electron chi connectivity index (χ0n) is 10.1. The van der Waals surface area contributed by atoms with Crippen molar-refractivity contribution in [1.82, 2.24) is 0 Å². The molecule has 0 aliphatic heterocycles. The summed E-state index contributed by atoms with van der Waals surface area (Å²) in [5, 5.41) is 10.6. The maximum atomic E-state index is 10.5. The predicted molar refractivity (Wildman–Crippen MR) is 68.9 cm³/mol. The smallest absolute Gasteiger partial charge is 0.137 e. The van der Waals surface area contributed by atoms with E-state index in [2.05, 4.69) is 0 Å². The largest absolute Gasteiger partial charge is 0.506 e. The summed E-state index contributed by atoms with van der Waals surface area (Å²) < 4.78 is 0. The summed E-state index contributed by atoms with van der Waals surface area (Å²) >= 11 is 6.23. The van der Waals surface area contributed by atoms with Gasteiger partial charge in [0.1, 0.15) is 12.0 Å². The molecule has 3 heteroatoms. The number of carbonyl (C=O) groups excluding carboxylic acids is 1. The molecule has 1 aliphatic carbocycles. The Labute approximate surface area is 107 Å². The fraction of sp³-hybridized carbons (Fsp3) is 0.500. The number of aromatic hydroxyl groups is 1. The van der Waals surface area contributed by atoms with Gasteiger partial charge in [-0.25, -0.2) is 0 Å². The Morgan fingerprint density at radius 3 is 2.59 bits per heavy atom. The first-order chi connectivity index (χ1) is 8.16. The maximum absolute atomic E-state index is 10.5. The normalized spacial score (nSPS) is 14.5. The first kappa shape index (κ1) is 12.4. The zero-order valence-corrected chi connectivity index (χ0v) is 10.8. The highest BCUT2D eigenvalue weighted by Gasteiger charge is 2.21. The molecule has 0 saturated heterocycles. The molecule has 0 saturated carbocycles. The average Bonchev–Trinajstić information content (AvgIpc) is 2.36. The van der Waals surface area contributed by atoms with Gasteiger partial charge in [0, 0.05) is 6.42 Å². The number of benzene rings is 1. The number of hydrogen-bond acceptors (Lipinski definition) is 2. The van der Waals surface area contributed by atoms with Crippen LogP contribution < -0.4 is 0 Å². The van der Waals surface area contributed by atoms with Crippen LogP contribution in [0, 0.1) is 6.92 Å². The molecule has 0 aromatic heterocycles. The van der Waals surface area contributed by atoms with Gasteiger partial charge in [-0.05, 0) is 61.3 Å². The van der Waals surface area contributed by atoms with Crippen molar-refractivity contribution in [2.75, 3.05) is 0 Å². The second kappa shape index (κ2) is 5.09. The Bertz CT molecular complexity index is 452. The second-order valence-electron chi connectivity index (χ2n) is 4.64. The third kappa shape index (κ3) is 2.19. The van der Waals surface area contributed by atoms with Crippen molar-refractivity contribution in [3.63, 3.8) is 0 Å². The first-order valence-electron chi connectivity index (χ1n) is 6.12. The van der Waals surface area contributed by atoms with E-state index >= 15 is 0 Å². The van der Waals surface area contributed by atoms with E-state index in [0.29, 0.717) is 17.9 Å². The molecular weight excluding hydrogens is 236 g/mol. The molecule has 0 amide bonds. The van der Waals surface area contributed by atoms with Crippen molar-refractivity contribution in [2.45, 2.75) is 45.4 Å². The van der Waals surface area contributed by atoms with Crippen LogP contribution in [0.3, 0.4) is 0 Å². The summed E-state index contributed by atoms with van der Waals surface area (Å²) in [6.07, 6.45) is 6.21. The van der Waals surface area contributed by atoms with E-state index in [-0.39, 0.29) is 5.75 Å². The average molecular weight is 253 g/mol. The number of aldehydes is 1. The maximum Gasteiger partial charge on any atom is 0.137 e. The number of phenols is 1. The summed E-state index contributed by atoms with van der Waals surface area (Å²) in [7, 11) is 0. The van der Waals surface area contributed by atoms with Crippen LogP contribution in [0.1, 0.15) is 41.5 Å². The lowest BCUT2D eigenvalue weighted by atomic mass is 9.85. The third-order valence-corrected chi connectivity index (χ3v) is 4.05. The van der Waals surface area contributed by atoms with E-state index in [9.17, 15) is 9.90 Å². The lowest BCUT2D eigenvalue weighted by Gasteiger charge is -2.23. The van der Waals surface area contributed by atoms with E-state index in [1.54, 1.807) is 0 Å². The van der Waals surface area contributed by atoms with E-state index in [4.69, 9.17) is 11.6 Å². The molecule has 92 valence electrons. The predicted octanol–water partition coefficient (Wildman–Crippen LogP) is 3.36. The van der Waals surface area contributed by atoms with Gasteiger partial charge in [-0.3, -0.25) is 0 Å². The summed E-state index contributed by atoms with van der Waals surface area (Å²) in [5.74, 6) is 0.187. The van der Waals surface area contributed by atoms with Crippen LogP contribution >= 0.6 is 11.6 Å². The number of halogens is 1. The van der Waals surface area contributed by atoms with Gasteiger partial charge in [-0.2, -0.15) is 0 Å². The summed E-state index contributed by atoms with van der Waals surface area (Å²) in [4.78, 5) is 10.5. The van der Waals surface area contributed by atoms with Gasteiger partial charge in [0.2, 0.25) is 0 Å². The zero-order chi connectivity index (χ0) is 12.4. The molecule has 0 spiro atoms. The van der Waals surface area contributed by atoms with Gasteiger partial charge in [0.05, 0.1) is 5.02 Å². The molecule has 0 fully saturated rings. The summed E-state index contributed by atoms with van der Waals surface area (Å²) in [6, 6.07) is 0. The van der Waals surface area contributed by atoms with Crippen LogP contribution in [-0.2, 0) is 24.1 Å². The number of hydrogen-bond donors (Lipinski definition) is 1. The molecule has 0 radical (unpaired) electrons. The van der Waals surface area contributed by atoms with Crippen LogP contribution in [0.2, 0.25) is 5.02 Å². The quantitative estimate of drug-likeness (QED) is 0.838. The van der Waals surface area contributed by atoms with Crippen molar-refractivity contribution in [3.8, 4) is 5.75 Å². The molecule has 0 heterocycles. The van der Waals surface area contributed by atoms with Gasteiger partial charge in [-0.15, -0.1) is 0 Å².